The number of carbonyl (C=O) groups is 2. The number of hydrogen-bond donors (Lipinski definition) is 1. The molecule has 1 aromatic carbocycles. The third-order valence-electron chi connectivity index (χ3n) is 6.90. The minimum Gasteiger partial charge on any atom is -0.494 e. The van der Waals surface area contributed by atoms with E-state index in [1.807, 2.05) is 6.07 Å². The molecule has 3 aromatic heterocycles. The Morgan fingerprint density at radius 3 is 2.40 bits per heavy atom. The van der Waals surface area contributed by atoms with Gasteiger partial charge in [0.25, 0.3) is 11.7 Å². The smallest absolute Gasteiger partial charge is 0.295 e. The topological polar surface area (TPSA) is 127 Å². The number of ketones is 1. The molecule has 0 radical (unpaired) electrons. The second kappa shape index (κ2) is 10.7. The van der Waals surface area contributed by atoms with Gasteiger partial charge in [0, 0.05) is 37.3 Å². The fraction of sp³-hybridized carbons (Fsp3) is 0.207. The fourth-order valence-electron chi connectivity index (χ4n) is 4.83. The van der Waals surface area contributed by atoms with Crippen LogP contribution in [0.2, 0.25) is 0 Å². The SMILES string of the molecule is [C-]#[N+]C(=C1CCN(C(=O)C(=O)c2c[nH]c3c(-c4ccc(S(C)(=O)=O)cc4)ncc(OC)c23)CC1)c1ccccn1. The maximum Gasteiger partial charge on any atom is 0.295 e. The summed E-state index contributed by atoms with van der Waals surface area (Å²) in [4.78, 5) is 43.9. The number of nitrogens with one attached hydrogen (secondary N) is 1. The van der Waals surface area contributed by atoms with Gasteiger partial charge >= 0.3 is 0 Å². The number of aromatic nitrogens is 3. The van der Waals surface area contributed by atoms with Gasteiger partial charge in [-0.1, -0.05) is 23.8 Å². The van der Waals surface area contributed by atoms with Crippen LogP contribution in [0.3, 0.4) is 0 Å². The Kier molecular flexibility index (Phi) is 7.19. The minimum atomic E-state index is -3.36. The number of hydrogen-bond acceptors (Lipinski definition) is 7. The summed E-state index contributed by atoms with van der Waals surface area (Å²) in [5, 5.41) is 0.418. The van der Waals surface area contributed by atoms with Gasteiger partial charge < -0.3 is 14.6 Å². The summed E-state index contributed by atoms with van der Waals surface area (Å²) < 4.78 is 29.2. The molecular weight excluding hydrogens is 530 g/mol. The summed E-state index contributed by atoms with van der Waals surface area (Å²) in [6.45, 7) is 8.23. The van der Waals surface area contributed by atoms with Crippen molar-refractivity contribution in [3.63, 3.8) is 0 Å². The first-order valence-corrected chi connectivity index (χ1v) is 14.3. The number of amides is 1. The molecule has 1 amide bonds. The maximum absolute atomic E-state index is 13.5. The number of fused-ring (bicyclic) bond motifs is 1. The summed E-state index contributed by atoms with van der Waals surface area (Å²) in [5.41, 5.74) is 3.77. The van der Waals surface area contributed by atoms with Gasteiger partial charge in [0.15, 0.2) is 9.84 Å². The molecule has 1 aliphatic rings. The molecule has 0 aliphatic carbocycles. The van der Waals surface area contributed by atoms with Crippen molar-refractivity contribution in [2.24, 2.45) is 0 Å². The summed E-state index contributed by atoms with van der Waals surface area (Å²) in [7, 11) is -1.91. The number of aromatic amines is 1. The van der Waals surface area contributed by atoms with Crippen LogP contribution in [0, 0.1) is 6.57 Å². The van der Waals surface area contributed by atoms with Crippen molar-refractivity contribution >= 4 is 38.1 Å². The number of pyridine rings is 2. The molecule has 10 nitrogen and oxygen atoms in total. The van der Waals surface area contributed by atoms with Crippen LogP contribution in [0.25, 0.3) is 32.7 Å². The summed E-state index contributed by atoms with van der Waals surface area (Å²) in [6.07, 6.45) is 6.66. The van der Waals surface area contributed by atoms with Crippen LogP contribution in [0.4, 0.5) is 0 Å². The standard InChI is InChI=1S/C29H25N5O5S/c1-30-25(22-6-4-5-13-31-22)19-11-14-34(15-12-19)29(36)28(35)21-16-32-27-24(21)23(39-2)17-33-26(27)18-7-9-20(10-8-18)40(3,37)38/h4-10,13,16-17,32H,11-12,14-15H2,2-3H3. The monoisotopic (exact) mass is 555 g/mol. The molecule has 4 aromatic rings. The first kappa shape index (κ1) is 26.8. The second-order valence-electron chi connectivity index (χ2n) is 9.32. The van der Waals surface area contributed by atoms with Crippen molar-refractivity contribution in [1.29, 1.82) is 0 Å². The Hall–Kier alpha value is -4.82. The quantitative estimate of drug-likeness (QED) is 0.215. The number of benzene rings is 1. The van der Waals surface area contributed by atoms with E-state index in [0.717, 1.165) is 11.8 Å². The summed E-state index contributed by atoms with van der Waals surface area (Å²) in [5.74, 6) is -0.999. The number of Topliss-reactive ketones (excluding diaryl/α,β-unsaturated/α-hetero) is 1. The Morgan fingerprint density at radius 1 is 1.07 bits per heavy atom. The molecule has 0 unspecified atom stereocenters. The lowest BCUT2D eigenvalue weighted by atomic mass is 9.99. The van der Waals surface area contributed by atoms with Crippen molar-refractivity contribution < 1.29 is 22.7 Å². The normalized spacial score (nSPS) is 13.6. The van der Waals surface area contributed by atoms with E-state index in [-0.39, 0.29) is 10.5 Å². The van der Waals surface area contributed by atoms with E-state index in [0.29, 0.717) is 65.2 Å². The molecule has 1 N–H and O–H groups in total. The highest BCUT2D eigenvalue weighted by Crippen LogP contribution is 2.35. The number of likely N-dealkylation sites (tertiary alicyclic amines) is 1. The Morgan fingerprint density at radius 2 is 1.80 bits per heavy atom. The molecular formula is C29H25N5O5S. The molecule has 40 heavy (non-hydrogen) atoms. The van der Waals surface area contributed by atoms with Crippen molar-refractivity contribution in [3.8, 4) is 17.0 Å². The summed E-state index contributed by atoms with van der Waals surface area (Å²) >= 11 is 0. The van der Waals surface area contributed by atoms with Crippen LogP contribution in [0.1, 0.15) is 28.9 Å². The Bertz CT molecular complexity index is 1790. The zero-order chi connectivity index (χ0) is 28.4. The Labute approximate surface area is 231 Å². The number of rotatable bonds is 6. The van der Waals surface area contributed by atoms with E-state index in [9.17, 15) is 18.0 Å². The lowest BCUT2D eigenvalue weighted by molar-refractivity contribution is -0.126. The lowest BCUT2D eigenvalue weighted by Crippen LogP contribution is -2.40. The van der Waals surface area contributed by atoms with Crippen molar-refractivity contribution in [2.75, 3.05) is 26.5 Å². The molecule has 202 valence electrons. The van der Waals surface area contributed by atoms with E-state index in [2.05, 4.69) is 19.8 Å². The average molecular weight is 556 g/mol. The molecule has 1 saturated heterocycles. The van der Waals surface area contributed by atoms with Crippen molar-refractivity contribution in [2.45, 2.75) is 17.7 Å². The van der Waals surface area contributed by atoms with Crippen LogP contribution in [-0.4, -0.2) is 66.4 Å². The van der Waals surface area contributed by atoms with E-state index < -0.39 is 21.5 Å². The molecule has 1 fully saturated rings. The highest BCUT2D eigenvalue weighted by Gasteiger charge is 2.30. The van der Waals surface area contributed by atoms with Crippen molar-refractivity contribution in [3.05, 3.63) is 89.3 Å². The molecule has 1 aliphatic heterocycles. The molecule has 11 heteroatoms. The van der Waals surface area contributed by atoms with Gasteiger partial charge in [0.1, 0.15) is 5.75 Å². The predicted molar refractivity (Wildman–Crippen MR) is 149 cm³/mol. The largest absolute Gasteiger partial charge is 0.494 e. The molecule has 0 spiro atoms. The third kappa shape index (κ3) is 4.97. The molecule has 0 saturated carbocycles. The van der Waals surface area contributed by atoms with Gasteiger partial charge in [-0.2, -0.15) is 0 Å². The molecule has 0 bridgehead atoms. The second-order valence-corrected chi connectivity index (χ2v) is 11.3. The van der Waals surface area contributed by atoms with E-state index >= 15 is 0 Å². The van der Waals surface area contributed by atoms with Crippen LogP contribution < -0.4 is 4.74 Å². The van der Waals surface area contributed by atoms with Crippen LogP contribution in [-0.2, 0) is 14.6 Å². The van der Waals surface area contributed by atoms with Gasteiger partial charge in [0.05, 0.1) is 52.6 Å². The van der Waals surface area contributed by atoms with Crippen LogP contribution in [0.5, 0.6) is 5.75 Å². The number of carbonyl (C=O) groups excluding carboxylic acids is 2. The molecule has 5 rings (SSSR count). The first-order chi connectivity index (χ1) is 19.2. The number of H-pyrrole nitrogens is 1. The zero-order valence-corrected chi connectivity index (χ0v) is 22.7. The van der Waals surface area contributed by atoms with Gasteiger partial charge in [-0.25, -0.2) is 13.3 Å². The van der Waals surface area contributed by atoms with Gasteiger partial charge in [0.2, 0.25) is 5.70 Å². The first-order valence-electron chi connectivity index (χ1n) is 12.4. The van der Waals surface area contributed by atoms with E-state index in [1.54, 1.807) is 30.5 Å². The number of nitrogens with zero attached hydrogens (tertiary/aromatic N) is 4. The predicted octanol–water partition coefficient (Wildman–Crippen LogP) is 4.17. The fourth-order valence-corrected chi connectivity index (χ4v) is 5.46. The number of ether oxygens (including phenoxy) is 1. The third-order valence-corrected chi connectivity index (χ3v) is 8.03. The van der Waals surface area contributed by atoms with Gasteiger partial charge in [-0.15, -0.1) is 0 Å². The highest BCUT2D eigenvalue weighted by molar-refractivity contribution is 7.90. The number of methoxy groups -OCH3 is 1. The van der Waals surface area contributed by atoms with Crippen molar-refractivity contribution in [1.82, 2.24) is 19.9 Å². The summed E-state index contributed by atoms with van der Waals surface area (Å²) in [6, 6.07) is 11.7. The van der Waals surface area contributed by atoms with E-state index in [4.69, 9.17) is 11.3 Å². The zero-order valence-electron chi connectivity index (χ0n) is 21.8. The van der Waals surface area contributed by atoms with Crippen LogP contribution in [0.15, 0.2) is 71.5 Å². The van der Waals surface area contributed by atoms with E-state index in [1.165, 1.54) is 36.5 Å². The molecule has 4 heterocycles. The highest BCUT2D eigenvalue weighted by atomic mass is 32.2. The minimum absolute atomic E-state index is 0.157. The van der Waals surface area contributed by atoms with Gasteiger partial charge in [-0.3, -0.25) is 19.6 Å². The Balaban J connectivity index is 1.42. The lowest BCUT2D eigenvalue weighted by Gasteiger charge is -2.28. The molecule has 0 atom stereocenters. The number of sulfone groups is 1. The van der Waals surface area contributed by atoms with Crippen LogP contribution >= 0.6 is 0 Å². The average Bonchev–Trinajstić information content (AvgIpc) is 3.42. The number of piperidine rings is 1. The van der Waals surface area contributed by atoms with Gasteiger partial charge in [-0.05, 0) is 37.1 Å². The maximum atomic E-state index is 13.5.